The molecule has 0 spiro atoms. The third-order valence-corrected chi connectivity index (χ3v) is 5.05. The number of amides is 2. The lowest BCUT2D eigenvalue weighted by Gasteiger charge is -2.16. The Labute approximate surface area is 170 Å². The van der Waals surface area contributed by atoms with Crippen LogP contribution >= 0.6 is 0 Å². The molecule has 1 unspecified atom stereocenters. The molecule has 3 N–H and O–H groups in total. The summed E-state index contributed by atoms with van der Waals surface area (Å²) in [6.07, 6.45) is 2.04. The molecule has 0 aliphatic carbocycles. The molecule has 7 heteroatoms. The van der Waals surface area contributed by atoms with Crippen LogP contribution in [0.5, 0.6) is 11.5 Å². The first-order valence-electron chi connectivity index (χ1n) is 9.73. The number of benzene rings is 2. The van der Waals surface area contributed by atoms with Crippen molar-refractivity contribution in [1.29, 1.82) is 0 Å². The number of anilines is 1. The summed E-state index contributed by atoms with van der Waals surface area (Å²) < 4.78 is 10.7. The second-order valence-electron chi connectivity index (χ2n) is 6.98. The van der Waals surface area contributed by atoms with E-state index in [9.17, 15) is 9.59 Å². The van der Waals surface area contributed by atoms with Gasteiger partial charge in [-0.25, -0.2) is 0 Å². The fourth-order valence-electron chi connectivity index (χ4n) is 3.40. The highest BCUT2D eigenvalue weighted by Crippen LogP contribution is 2.33. The normalized spacial score (nSPS) is 15.6. The van der Waals surface area contributed by atoms with Crippen LogP contribution in [0.15, 0.2) is 42.5 Å². The molecule has 0 radical (unpaired) electrons. The van der Waals surface area contributed by atoms with E-state index in [4.69, 9.17) is 9.47 Å². The molecule has 1 saturated heterocycles. The molecule has 1 heterocycles. The maximum Gasteiger partial charge on any atom is 0.255 e. The van der Waals surface area contributed by atoms with Gasteiger partial charge in [0.15, 0.2) is 11.5 Å². The van der Waals surface area contributed by atoms with E-state index >= 15 is 0 Å². The zero-order valence-electron chi connectivity index (χ0n) is 16.8. The van der Waals surface area contributed by atoms with E-state index in [0.29, 0.717) is 40.8 Å². The maximum absolute atomic E-state index is 12.9. The molecule has 0 aromatic heterocycles. The third kappa shape index (κ3) is 5.26. The number of rotatable bonds is 8. The largest absolute Gasteiger partial charge is 0.493 e. The quantitative estimate of drug-likeness (QED) is 0.637. The van der Waals surface area contributed by atoms with E-state index in [1.54, 1.807) is 36.4 Å². The fraction of sp³-hybridized carbons (Fsp3) is 0.364. The van der Waals surface area contributed by atoms with E-state index in [0.717, 1.165) is 25.9 Å². The molecule has 1 aliphatic heterocycles. The summed E-state index contributed by atoms with van der Waals surface area (Å²) in [7, 11) is 3.02. The van der Waals surface area contributed by atoms with Gasteiger partial charge in [-0.2, -0.15) is 0 Å². The van der Waals surface area contributed by atoms with Crippen LogP contribution in [0, 0.1) is 5.92 Å². The summed E-state index contributed by atoms with van der Waals surface area (Å²) in [5.41, 5.74) is 1.20. The Morgan fingerprint density at radius 2 is 1.79 bits per heavy atom. The lowest BCUT2D eigenvalue weighted by molar-refractivity contribution is 0.0952. The van der Waals surface area contributed by atoms with Gasteiger partial charge in [0.2, 0.25) is 0 Å². The number of hydrogen-bond acceptors (Lipinski definition) is 5. The number of carbonyl (C=O) groups excluding carboxylic acids is 2. The van der Waals surface area contributed by atoms with Crippen molar-refractivity contribution in [3.63, 3.8) is 0 Å². The van der Waals surface area contributed by atoms with Crippen LogP contribution < -0.4 is 25.4 Å². The molecule has 3 rings (SSSR count). The molecule has 2 aromatic carbocycles. The number of methoxy groups -OCH3 is 2. The second-order valence-corrected chi connectivity index (χ2v) is 6.98. The summed E-state index contributed by atoms with van der Waals surface area (Å²) in [5.74, 6) is 0.877. The Hall–Kier alpha value is -3.06. The molecule has 1 aliphatic rings. The molecular weight excluding hydrogens is 370 g/mol. The Kier molecular flexibility index (Phi) is 7.08. The summed E-state index contributed by atoms with van der Waals surface area (Å²) in [6.45, 7) is 2.60. The first-order chi connectivity index (χ1) is 14.1. The Balaban J connectivity index is 1.79. The maximum atomic E-state index is 12.9. The van der Waals surface area contributed by atoms with Gasteiger partial charge in [-0.1, -0.05) is 18.2 Å². The van der Waals surface area contributed by atoms with Crippen molar-refractivity contribution >= 4 is 17.5 Å². The fourth-order valence-corrected chi connectivity index (χ4v) is 3.40. The highest BCUT2D eigenvalue weighted by Gasteiger charge is 2.20. The van der Waals surface area contributed by atoms with Crippen molar-refractivity contribution in [2.75, 3.05) is 39.2 Å². The Morgan fingerprint density at radius 3 is 2.45 bits per heavy atom. The van der Waals surface area contributed by atoms with E-state index in [1.165, 1.54) is 14.2 Å². The highest BCUT2D eigenvalue weighted by molar-refractivity contribution is 6.09. The van der Waals surface area contributed by atoms with Crippen molar-refractivity contribution in [1.82, 2.24) is 10.6 Å². The zero-order valence-corrected chi connectivity index (χ0v) is 16.8. The van der Waals surface area contributed by atoms with Crippen LogP contribution in [-0.4, -0.2) is 45.7 Å². The number of ether oxygens (including phenoxy) is 2. The van der Waals surface area contributed by atoms with Crippen molar-refractivity contribution in [2.24, 2.45) is 5.92 Å². The first kappa shape index (κ1) is 20.7. The van der Waals surface area contributed by atoms with Gasteiger partial charge < -0.3 is 25.4 Å². The molecule has 1 atom stereocenters. The molecule has 7 nitrogen and oxygen atoms in total. The summed E-state index contributed by atoms with van der Waals surface area (Å²) in [4.78, 5) is 25.5. The van der Waals surface area contributed by atoms with Crippen LogP contribution in [0.4, 0.5) is 5.69 Å². The van der Waals surface area contributed by atoms with Gasteiger partial charge in [0.1, 0.15) is 0 Å². The third-order valence-electron chi connectivity index (χ3n) is 5.05. The van der Waals surface area contributed by atoms with Crippen LogP contribution in [0.25, 0.3) is 0 Å². The van der Waals surface area contributed by atoms with Crippen LogP contribution in [0.2, 0.25) is 0 Å². The van der Waals surface area contributed by atoms with Crippen LogP contribution in [0.3, 0.4) is 0 Å². The molecule has 154 valence electrons. The SMILES string of the molecule is COc1cc(NC(=O)c2ccccc2)c(C(=O)NCCC2CCNC2)cc1OC. The average molecular weight is 397 g/mol. The second kappa shape index (κ2) is 9.93. The number of nitrogens with one attached hydrogen (secondary N) is 3. The van der Waals surface area contributed by atoms with E-state index in [-0.39, 0.29) is 11.8 Å². The zero-order chi connectivity index (χ0) is 20.6. The van der Waals surface area contributed by atoms with Crippen LogP contribution in [-0.2, 0) is 0 Å². The monoisotopic (exact) mass is 397 g/mol. The molecule has 2 amide bonds. The topological polar surface area (TPSA) is 88.7 Å². The number of hydrogen-bond donors (Lipinski definition) is 3. The smallest absolute Gasteiger partial charge is 0.255 e. The van der Waals surface area contributed by atoms with Gasteiger partial charge in [0, 0.05) is 18.2 Å². The number of carbonyl (C=O) groups is 2. The lowest BCUT2D eigenvalue weighted by atomic mass is 10.0. The first-order valence-corrected chi connectivity index (χ1v) is 9.73. The molecule has 29 heavy (non-hydrogen) atoms. The van der Waals surface area contributed by atoms with Crippen molar-refractivity contribution in [3.05, 3.63) is 53.6 Å². The van der Waals surface area contributed by atoms with Gasteiger partial charge in [-0.15, -0.1) is 0 Å². The van der Waals surface area contributed by atoms with Gasteiger partial charge in [-0.05, 0) is 50.0 Å². The molecule has 0 saturated carbocycles. The van der Waals surface area contributed by atoms with Gasteiger partial charge in [0.05, 0.1) is 25.5 Å². The van der Waals surface area contributed by atoms with Gasteiger partial charge in [0.25, 0.3) is 11.8 Å². The molecule has 0 bridgehead atoms. The van der Waals surface area contributed by atoms with E-state index < -0.39 is 0 Å². The predicted molar refractivity (Wildman–Crippen MR) is 112 cm³/mol. The molecule has 1 fully saturated rings. The predicted octanol–water partition coefficient (Wildman–Crippen LogP) is 2.69. The Morgan fingerprint density at radius 1 is 1.07 bits per heavy atom. The highest BCUT2D eigenvalue weighted by atomic mass is 16.5. The Bertz CT molecular complexity index is 849. The minimum absolute atomic E-state index is 0.264. The van der Waals surface area contributed by atoms with Gasteiger partial charge >= 0.3 is 0 Å². The lowest BCUT2D eigenvalue weighted by Crippen LogP contribution is -2.28. The van der Waals surface area contributed by atoms with Gasteiger partial charge in [-0.3, -0.25) is 9.59 Å². The summed E-state index contributed by atoms with van der Waals surface area (Å²) in [5, 5.41) is 9.10. The summed E-state index contributed by atoms with van der Waals surface area (Å²) in [6, 6.07) is 12.0. The van der Waals surface area contributed by atoms with E-state index in [1.807, 2.05) is 6.07 Å². The van der Waals surface area contributed by atoms with Crippen molar-refractivity contribution < 1.29 is 19.1 Å². The minimum atomic E-state index is -0.302. The van der Waals surface area contributed by atoms with Crippen molar-refractivity contribution in [3.8, 4) is 11.5 Å². The standard InChI is InChI=1S/C22H27N3O4/c1-28-19-12-17(22(27)24-11-9-15-8-10-23-14-15)18(13-20(19)29-2)25-21(26)16-6-4-3-5-7-16/h3-7,12-13,15,23H,8-11,14H2,1-2H3,(H,24,27)(H,25,26). The molecule has 2 aromatic rings. The molecular formula is C22H27N3O4. The summed E-state index contributed by atoms with van der Waals surface area (Å²) >= 11 is 0. The minimum Gasteiger partial charge on any atom is -0.493 e. The van der Waals surface area contributed by atoms with Crippen LogP contribution in [0.1, 0.15) is 33.6 Å². The average Bonchev–Trinajstić information content (AvgIpc) is 3.27. The van der Waals surface area contributed by atoms with Crippen molar-refractivity contribution in [2.45, 2.75) is 12.8 Å². The van der Waals surface area contributed by atoms with E-state index in [2.05, 4.69) is 16.0 Å².